The third-order valence-electron chi connectivity index (χ3n) is 2.48. The van der Waals surface area contributed by atoms with E-state index < -0.39 is 5.97 Å². The van der Waals surface area contributed by atoms with Gasteiger partial charge in [-0.2, -0.15) is 0 Å². The zero-order chi connectivity index (χ0) is 11.0. The predicted octanol–water partition coefficient (Wildman–Crippen LogP) is 1.59. The molecule has 1 aromatic carbocycles. The molecule has 0 saturated carbocycles. The molecule has 1 aliphatic rings. The highest BCUT2D eigenvalue weighted by molar-refractivity contribution is 6.22. The van der Waals surface area contributed by atoms with E-state index in [2.05, 4.69) is 0 Å². The van der Waals surface area contributed by atoms with Gasteiger partial charge in [-0.15, -0.1) is 0 Å². The minimum atomic E-state index is -1.15. The molecule has 0 amide bonds. The van der Waals surface area contributed by atoms with Crippen LogP contribution in [0.5, 0.6) is 0 Å². The Morgan fingerprint density at radius 3 is 2.80 bits per heavy atom. The number of aliphatic carboxylic acids is 1. The molecule has 0 spiro atoms. The lowest BCUT2D eigenvalue weighted by molar-refractivity contribution is -0.134. The largest absolute Gasteiger partial charge is 0.478 e. The van der Waals surface area contributed by atoms with Crippen LogP contribution in [-0.2, 0) is 16.0 Å². The number of fused-ring (bicyclic) bond motifs is 1. The number of hydrogen-bond donors (Lipinski definition) is 1. The summed E-state index contributed by atoms with van der Waals surface area (Å²) in [5.41, 5.74) is 2.68. The maximum atomic E-state index is 11.4. The van der Waals surface area contributed by atoms with E-state index in [1.807, 2.05) is 25.1 Å². The topological polar surface area (TPSA) is 54.4 Å². The van der Waals surface area contributed by atoms with Crippen molar-refractivity contribution in [1.29, 1.82) is 0 Å². The van der Waals surface area contributed by atoms with Crippen molar-refractivity contribution >= 4 is 17.8 Å². The predicted molar refractivity (Wildman–Crippen MR) is 55.5 cm³/mol. The van der Waals surface area contributed by atoms with Crippen molar-refractivity contribution in [2.45, 2.75) is 13.3 Å². The standard InChI is InChI=1S/C12H10O3/c1-7-2-3-8-6-11(13)10(12(14)15)5-9(8)4-7/h2-5H,6H2,1H3,(H,14,15). The molecule has 3 nitrogen and oxygen atoms in total. The number of carboxylic acids is 1. The van der Waals surface area contributed by atoms with Gasteiger partial charge in [-0.05, 0) is 24.1 Å². The second-order valence-electron chi connectivity index (χ2n) is 3.67. The summed E-state index contributed by atoms with van der Waals surface area (Å²) in [5, 5.41) is 8.81. The number of carbonyl (C=O) groups excluding carboxylic acids is 1. The molecule has 3 heteroatoms. The van der Waals surface area contributed by atoms with E-state index in [9.17, 15) is 9.59 Å². The lowest BCUT2D eigenvalue weighted by Gasteiger charge is -2.13. The minimum absolute atomic E-state index is 0.117. The van der Waals surface area contributed by atoms with E-state index in [0.717, 1.165) is 16.7 Å². The van der Waals surface area contributed by atoms with Gasteiger partial charge in [0.1, 0.15) is 5.57 Å². The van der Waals surface area contributed by atoms with Crippen LogP contribution in [0.15, 0.2) is 23.8 Å². The first-order valence-corrected chi connectivity index (χ1v) is 4.65. The summed E-state index contributed by atoms with van der Waals surface area (Å²) in [6.07, 6.45) is 1.64. The summed E-state index contributed by atoms with van der Waals surface area (Å²) in [7, 11) is 0. The highest BCUT2D eigenvalue weighted by atomic mass is 16.4. The van der Waals surface area contributed by atoms with Gasteiger partial charge in [0.05, 0.1) is 0 Å². The first-order chi connectivity index (χ1) is 7.08. The first-order valence-electron chi connectivity index (χ1n) is 4.65. The Morgan fingerprint density at radius 1 is 1.40 bits per heavy atom. The fraction of sp³-hybridized carbons (Fsp3) is 0.167. The maximum Gasteiger partial charge on any atom is 0.339 e. The van der Waals surface area contributed by atoms with E-state index in [1.165, 1.54) is 6.08 Å². The van der Waals surface area contributed by atoms with Crippen LogP contribution >= 0.6 is 0 Å². The van der Waals surface area contributed by atoms with Gasteiger partial charge in [0, 0.05) is 6.42 Å². The van der Waals surface area contributed by atoms with Crippen molar-refractivity contribution in [3.63, 3.8) is 0 Å². The molecule has 0 saturated heterocycles. The van der Waals surface area contributed by atoms with Crippen LogP contribution in [0, 0.1) is 6.92 Å². The van der Waals surface area contributed by atoms with Crippen LogP contribution < -0.4 is 0 Å². The minimum Gasteiger partial charge on any atom is -0.478 e. The Labute approximate surface area is 87.0 Å². The zero-order valence-corrected chi connectivity index (χ0v) is 8.28. The van der Waals surface area contributed by atoms with Gasteiger partial charge < -0.3 is 5.11 Å². The Bertz CT molecular complexity index is 484. The molecule has 76 valence electrons. The summed E-state index contributed by atoms with van der Waals surface area (Å²) < 4.78 is 0. The smallest absolute Gasteiger partial charge is 0.339 e. The molecule has 0 aromatic heterocycles. The van der Waals surface area contributed by atoms with Crippen LogP contribution in [0.1, 0.15) is 16.7 Å². The number of carbonyl (C=O) groups is 2. The molecule has 1 N–H and O–H groups in total. The van der Waals surface area contributed by atoms with Crippen LogP contribution in [0.25, 0.3) is 6.08 Å². The summed E-state index contributed by atoms with van der Waals surface area (Å²) in [4.78, 5) is 22.2. The van der Waals surface area contributed by atoms with Crippen molar-refractivity contribution < 1.29 is 14.7 Å². The molecule has 0 atom stereocenters. The molecule has 0 aliphatic heterocycles. The maximum absolute atomic E-state index is 11.4. The lowest BCUT2D eigenvalue weighted by atomic mass is 9.90. The van der Waals surface area contributed by atoms with E-state index in [1.54, 1.807) is 0 Å². The molecule has 1 aromatic rings. The molecular weight excluding hydrogens is 192 g/mol. The number of ketones is 1. The van der Waals surface area contributed by atoms with Crippen LogP contribution in [0.2, 0.25) is 0 Å². The molecule has 15 heavy (non-hydrogen) atoms. The molecule has 1 aliphatic carbocycles. The number of aryl methyl sites for hydroxylation is 1. The summed E-state index contributed by atoms with van der Waals surface area (Å²) in [5.74, 6) is -1.47. The van der Waals surface area contributed by atoms with Crippen LogP contribution in [0.4, 0.5) is 0 Å². The van der Waals surface area contributed by atoms with Crippen LogP contribution in [-0.4, -0.2) is 16.9 Å². The number of Topliss-reactive ketones (excluding diaryl/α,β-unsaturated/α-hetero) is 1. The molecule has 0 fully saturated rings. The summed E-state index contributed by atoms with van der Waals surface area (Å²) >= 11 is 0. The van der Waals surface area contributed by atoms with Gasteiger partial charge >= 0.3 is 5.97 Å². The number of carboxylic acid groups (broad SMARTS) is 1. The molecule has 0 heterocycles. The second kappa shape index (κ2) is 3.35. The second-order valence-corrected chi connectivity index (χ2v) is 3.67. The van der Waals surface area contributed by atoms with Gasteiger partial charge in [-0.1, -0.05) is 23.8 Å². The highest BCUT2D eigenvalue weighted by Crippen LogP contribution is 2.22. The summed E-state index contributed by atoms with van der Waals surface area (Å²) in [6, 6.07) is 5.69. The quantitative estimate of drug-likeness (QED) is 0.703. The van der Waals surface area contributed by atoms with Gasteiger partial charge in [0.25, 0.3) is 0 Å². The van der Waals surface area contributed by atoms with Gasteiger partial charge in [-0.25, -0.2) is 4.79 Å². The van der Waals surface area contributed by atoms with E-state index in [-0.39, 0.29) is 17.8 Å². The van der Waals surface area contributed by atoms with Crippen molar-refractivity contribution in [1.82, 2.24) is 0 Å². The Kier molecular flexibility index (Phi) is 2.15. The van der Waals surface area contributed by atoms with Crippen molar-refractivity contribution in [3.05, 3.63) is 40.5 Å². The number of hydrogen-bond acceptors (Lipinski definition) is 2. The normalized spacial score (nSPS) is 14.5. The van der Waals surface area contributed by atoms with E-state index in [0.29, 0.717) is 0 Å². The van der Waals surface area contributed by atoms with Crippen LogP contribution in [0.3, 0.4) is 0 Å². The number of benzene rings is 1. The van der Waals surface area contributed by atoms with Gasteiger partial charge in [-0.3, -0.25) is 4.79 Å². The van der Waals surface area contributed by atoms with Crippen molar-refractivity contribution in [3.8, 4) is 0 Å². The Morgan fingerprint density at radius 2 is 2.13 bits per heavy atom. The monoisotopic (exact) mass is 202 g/mol. The van der Waals surface area contributed by atoms with Gasteiger partial charge in [0.15, 0.2) is 5.78 Å². The highest BCUT2D eigenvalue weighted by Gasteiger charge is 2.23. The van der Waals surface area contributed by atoms with E-state index >= 15 is 0 Å². The molecule has 2 rings (SSSR count). The first kappa shape index (κ1) is 9.65. The average Bonchev–Trinajstić information content (AvgIpc) is 2.17. The zero-order valence-electron chi connectivity index (χ0n) is 8.28. The SMILES string of the molecule is Cc1ccc2c(c1)C=C(C(=O)O)C(=O)C2. The molecule has 0 unspecified atom stereocenters. The Balaban J connectivity index is 2.56. The van der Waals surface area contributed by atoms with Gasteiger partial charge in [0.2, 0.25) is 0 Å². The molecular formula is C12H10O3. The average molecular weight is 202 g/mol. The lowest BCUT2D eigenvalue weighted by Crippen LogP contribution is -2.18. The van der Waals surface area contributed by atoms with Crippen molar-refractivity contribution in [2.24, 2.45) is 0 Å². The molecule has 0 bridgehead atoms. The molecule has 0 radical (unpaired) electrons. The fourth-order valence-electron chi connectivity index (χ4n) is 1.69. The fourth-order valence-corrected chi connectivity index (χ4v) is 1.69. The third kappa shape index (κ3) is 1.68. The summed E-state index contributed by atoms with van der Waals surface area (Å²) in [6.45, 7) is 1.94. The van der Waals surface area contributed by atoms with E-state index in [4.69, 9.17) is 5.11 Å². The third-order valence-corrected chi connectivity index (χ3v) is 2.48. The van der Waals surface area contributed by atoms with Crippen molar-refractivity contribution in [2.75, 3.05) is 0 Å². The Hall–Kier alpha value is -1.90. The number of rotatable bonds is 1.